The van der Waals surface area contributed by atoms with Crippen LogP contribution in [0.5, 0.6) is 0 Å². The lowest BCUT2D eigenvalue weighted by atomic mass is 9.89. The number of halogens is 1. The van der Waals surface area contributed by atoms with E-state index in [9.17, 15) is 9.59 Å². The van der Waals surface area contributed by atoms with E-state index in [0.717, 1.165) is 51.0 Å². The largest absolute Gasteiger partial charge is 0.326 e. The van der Waals surface area contributed by atoms with Gasteiger partial charge in [-0.2, -0.15) is 0 Å². The molecule has 1 N–H and O–H groups in total. The average molecular weight is 427 g/mol. The number of nitrogens with zero attached hydrogens (tertiary/aromatic N) is 1. The predicted molar refractivity (Wildman–Crippen MR) is 123 cm³/mol. The number of piperidine rings is 1. The number of nitrogens with one attached hydrogen (secondary N) is 1. The first kappa shape index (κ1) is 22.5. The van der Waals surface area contributed by atoms with Crippen molar-refractivity contribution in [2.24, 2.45) is 0 Å². The first-order valence-corrected chi connectivity index (χ1v) is 11.3. The zero-order valence-corrected chi connectivity index (χ0v) is 18.5. The lowest BCUT2D eigenvalue weighted by Gasteiger charge is -2.32. The first-order chi connectivity index (χ1) is 14.5. The van der Waals surface area contributed by atoms with Crippen molar-refractivity contribution in [3.8, 4) is 0 Å². The van der Waals surface area contributed by atoms with E-state index in [4.69, 9.17) is 11.6 Å². The topological polar surface area (TPSA) is 49.4 Å². The van der Waals surface area contributed by atoms with Crippen LogP contribution in [0.3, 0.4) is 0 Å². The fraction of sp³-hybridized carbons (Fsp3) is 0.440. The maximum absolute atomic E-state index is 12.3. The van der Waals surface area contributed by atoms with Crippen molar-refractivity contribution in [2.75, 3.05) is 25.0 Å². The number of anilines is 1. The van der Waals surface area contributed by atoms with Crippen LogP contribution in [0.1, 0.15) is 67.3 Å². The second-order valence-corrected chi connectivity index (χ2v) is 8.47. The summed E-state index contributed by atoms with van der Waals surface area (Å²) in [4.78, 5) is 26.4. The van der Waals surface area contributed by atoms with Crippen molar-refractivity contribution in [3.05, 3.63) is 64.7 Å². The second-order valence-electron chi connectivity index (χ2n) is 8.03. The Morgan fingerprint density at radius 1 is 1.07 bits per heavy atom. The second kappa shape index (κ2) is 11.3. The van der Waals surface area contributed by atoms with Crippen molar-refractivity contribution < 1.29 is 9.59 Å². The van der Waals surface area contributed by atoms with Gasteiger partial charge in [0.2, 0.25) is 5.91 Å². The van der Waals surface area contributed by atoms with E-state index in [1.165, 1.54) is 5.56 Å². The van der Waals surface area contributed by atoms with E-state index < -0.39 is 0 Å². The Kier molecular flexibility index (Phi) is 8.47. The van der Waals surface area contributed by atoms with Gasteiger partial charge in [0.25, 0.3) is 0 Å². The minimum atomic E-state index is 0.0517. The lowest BCUT2D eigenvalue weighted by Crippen LogP contribution is -2.33. The summed E-state index contributed by atoms with van der Waals surface area (Å²) < 4.78 is 0. The highest BCUT2D eigenvalue weighted by Crippen LogP contribution is 2.29. The standard InChI is InChI=1S/C25H31ClN2O2/c1-2-25(30)27-23-10-6-7-20(18-23)19-12-15-28(16-13-19)14-4-3-11-24(29)21-8-5-9-22(26)17-21/h5-10,17-19H,2-4,11-16H2,1H3,(H,27,30). The summed E-state index contributed by atoms with van der Waals surface area (Å²) in [7, 11) is 0. The number of unbranched alkanes of at least 4 members (excludes halogenated alkanes) is 1. The third-order valence-electron chi connectivity index (χ3n) is 5.83. The monoisotopic (exact) mass is 426 g/mol. The molecule has 0 radical (unpaired) electrons. The van der Waals surface area contributed by atoms with Gasteiger partial charge < -0.3 is 10.2 Å². The number of Topliss-reactive ketones (excluding diaryl/α,β-unsaturated/α-hetero) is 1. The highest BCUT2D eigenvalue weighted by molar-refractivity contribution is 6.31. The smallest absolute Gasteiger partial charge is 0.224 e. The van der Waals surface area contributed by atoms with Crippen molar-refractivity contribution in [2.45, 2.75) is 51.4 Å². The van der Waals surface area contributed by atoms with Crippen molar-refractivity contribution in [1.29, 1.82) is 0 Å². The molecule has 30 heavy (non-hydrogen) atoms. The number of carbonyl (C=O) groups is 2. The quantitative estimate of drug-likeness (QED) is 0.400. The van der Waals surface area contributed by atoms with E-state index in [1.807, 2.05) is 31.2 Å². The number of hydrogen-bond acceptors (Lipinski definition) is 3. The van der Waals surface area contributed by atoms with Crippen LogP contribution in [-0.2, 0) is 4.79 Å². The molecular formula is C25H31ClN2O2. The number of likely N-dealkylation sites (tertiary alicyclic amines) is 1. The Balaban J connectivity index is 1.38. The molecule has 0 aromatic heterocycles. The minimum absolute atomic E-state index is 0.0517. The molecule has 160 valence electrons. The van der Waals surface area contributed by atoms with E-state index in [1.54, 1.807) is 12.1 Å². The zero-order valence-electron chi connectivity index (χ0n) is 17.7. The van der Waals surface area contributed by atoms with Gasteiger partial charge in [-0.15, -0.1) is 0 Å². The van der Waals surface area contributed by atoms with E-state index in [2.05, 4.69) is 22.3 Å². The Labute approximate surface area is 184 Å². The van der Waals surface area contributed by atoms with Crippen molar-refractivity contribution in [1.82, 2.24) is 4.90 Å². The predicted octanol–water partition coefficient (Wildman–Crippen LogP) is 5.92. The molecule has 1 saturated heterocycles. The number of amides is 1. The van der Waals surface area contributed by atoms with Crippen LogP contribution in [0, 0.1) is 0 Å². The first-order valence-electron chi connectivity index (χ1n) is 11.0. The van der Waals surface area contributed by atoms with E-state index in [0.29, 0.717) is 29.3 Å². The Hall–Kier alpha value is -2.17. The van der Waals surface area contributed by atoms with E-state index >= 15 is 0 Å². The molecule has 0 unspecified atom stereocenters. The van der Waals surface area contributed by atoms with Crippen LogP contribution >= 0.6 is 11.6 Å². The summed E-state index contributed by atoms with van der Waals surface area (Å²) in [6, 6.07) is 15.5. The average Bonchev–Trinajstić information content (AvgIpc) is 2.77. The van der Waals surface area contributed by atoms with Crippen LogP contribution in [0.2, 0.25) is 5.02 Å². The number of hydrogen-bond donors (Lipinski definition) is 1. The van der Waals surface area contributed by atoms with Crippen molar-refractivity contribution >= 4 is 29.0 Å². The molecule has 5 heteroatoms. The molecule has 0 aliphatic carbocycles. The third kappa shape index (κ3) is 6.68. The van der Waals surface area contributed by atoms with Gasteiger partial charge in [-0.05, 0) is 81.1 Å². The molecule has 1 heterocycles. The van der Waals surface area contributed by atoms with Gasteiger partial charge in [0, 0.05) is 29.1 Å². The number of carbonyl (C=O) groups excluding carboxylic acids is 2. The highest BCUT2D eigenvalue weighted by atomic mass is 35.5. The summed E-state index contributed by atoms with van der Waals surface area (Å²) in [6.07, 6.45) is 5.28. The SMILES string of the molecule is CCC(=O)Nc1cccc(C2CCN(CCCCC(=O)c3cccc(Cl)c3)CC2)c1. The molecular weight excluding hydrogens is 396 g/mol. The molecule has 1 amide bonds. The third-order valence-corrected chi connectivity index (χ3v) is 6.06. The van der Waals surface area contributed by atoms with Crippen LogP contribution in [-0.4, -0.2) is 36.2 Å². The lowest BCUT2D eigenvalue weighted by molar-refractivity contribution is -0.115. The molecule has 3 rings (SSSR count). The van der Waals surface area contributed by atoms with Crippen molar-refractivity contribution in [3.63, 3.8) is 0 Å². The van der Waals surface area contributed by atoms with Crippen LogP contribution in [0.25, 0.3) is 0 Å². The summed E-state index contributed by atoms with van der Waals surface area (Å²) in [5, 5.41) is 3.57. The van der Waals surface area contributed by atoms with Gasteiger partial charge in [-0.1, -0.05) is 42.8 Å². The summed E-state index contributed by atoms with van der Waals surface area (Å²) >= 11 is 5.97. The molecule has 0 saturated carbocycles. The summed E-state index contributed by atoms with van der Waals surface area (Å²) in [5.74, 6) is 0.770. The van der Waals surface area contributed by atoms with Crippen LogP contribution in [0.15, 0.2) is 48.5 Å². The molecule has 2 aromatic carbocycles. The van der Waals surface area contributed by atoms with Gasteiger partial charge in [0.15, 0.2) is 5.78 Å². The maximum atomic E-state index is 12.3. The molecule has 0 bridgehead atoms. The van der Waals surface area contributed by atoms with Gasteiger partial charge >= 0.3 is 0 Å². The Morgan fingerprint density at radius 2 is 1.83 bits per heavy atom. The fourth-order valence-corrected chi connectivity index (χ4v) is 4.23. The van der Waals surface area contributed by atoms with Gasteiger partial charge in [-0.3, -0.25) is 9.59 Å². The van der Waals surface area contributed by atoms with Gasteiger partial charge in [0.05, 0.1) is 0 Å². The molecule has 1 fully saturated rings. The van der Waals surface area contributed by atoms with E-state index in [-0.39, 0.29) is 11.7 Å². The molecule has 0 atom stereocenters. The molecule has 1 aliphatic heterocycles. The van der Waals surface area contributed by atoms with Gasteiger partial charge in [-0.25, -0.2) is 0 Å². The van der Waals surface area contributed by atoms with Gasteiger partial charge in [0.1, 0.15) is 0 Å². The molecule has 4 nitrogen and oxygen atoms in total. The van der Waals surface area contributed by atoms with Crippen LogP contribution < -0.4 is 5.32 Å². The number of ketones is 1. The molecule has 0 spiro atoms. The Morgan fingerprint density at radius 3 is 2.57 bits per heavy atom. The Bertz CT molecular complexity index is 860. The normalized spacial score (nSPS) is 15.1. The summed E-state index contributed by atoms with van der Waals surface area (Å²) in [5.41, 5.74) is 2.92. The highest BCUT2D eigenvalue weighted by Gasteiger charge is 2.20. The number of rotatable bonds is 9. The molecule has 2 aromatic rings. The zero-order chi connectivity index (χ0) is 21.3. The molecule has 1 aliphatic rings. The summed E-state index contributed by atoms with van der Waals surface area (Å²) in [6.45, 7) is 5.07. The van der Waals surface area contributed by atoms with Crippen LogP contribution in [0.4, 0.5) is 5.69 Å². The number of benzene rings is 2. The minimum Gasteiger partial charge on any atom is -0.326 e. The maximum Gasteiger partial charge on any atom is 0.224 e. The fourth-order valence-electron chi connectivity index (χ4n) is 4.04.